The summed E-state index contributed by atoms with van der Waals surface area (Å²) in [5.41, 5.74) is 6.94. The molecule has 0 aliphatic carbocycles. The normalized spacial score (nSPS) is 19.3. The molecule has 0 fully saturated rings. The number of nitrogens with two attached hydrogens (primary N) is 1. The molecular weight excluding hydrogens is 206 g/mol. The number of nitrogens with zero attached hydrogens (tertiary/aromatic N) is 2. The van der Waals surface area contributed by atoms with E-state index >= 15 is 0 Å². The molecule has 0 amide bonds. The van der Waals surface area contributed by atoms with Crippen molar-refractivity contribution in [2.24, 2.45) is 5.73 Å². The summed E-state index contributed by atoms with van der Waals surface area (Å²) in [6.45, 7) is 5.12. The molecule has 0 bridgehead atoms. The van der Waals surface area contributed by atoms with Crippen LogP contribution in [0.1, 0.15) is 30.1 Å². The second-order valence-electron chi connectivity index (χ2n) is 3.96. The predicted molar refractivity (Wildman–Crippen MR) is 63.8 cm³/mol. The summed E-state index contributed by atoms with van der Waals surface area (Å²) in [5, 5.41) is 3.16. The van der Waals surface area contributed by atoms with Crippen molar-refractivity contribution in [2.45, 2.75) is 25.9 Å². The van der Waals surface area contributed by atoms with E-state index in [1.165, 1.54) is 0 Å². The van der Waals surface area contributed by atoms with Gasteiger partial charge >= 0.3 is 0 Å². The van der Waals surface area contributed by atoms with Gasteiger partial charge < -0.3 is 5.73 Å². The molecule has 1 aliphatic rings. The van der Waals surface area contributed by atoms with Gasteiger partial charge in [-0.3, -0.25) is 4.90 Å². The summed E-state index contributed by atoms with van der Waals surface area (Å²) in [7, 11) is 0. The van der Waals surface area contributed by atoms with Gasteiger partial charge in [-0.15, -0.1) is 11.3 Å². The molecule has 0 radical (unpaired) electrons. The van der Waals surface area contributed by atoms with E-state index in [2.05, 4.69) is 27.4 Å². The third-order valence-corrected chi connectivity index (χ3v) is 3.58. The number of thiazole rings is 1. The van der Waals surface area contributed by atoms with E-state index in [0.29, 0.717) is 0 Å². The van der Waals surface area contributed by atoms with Crippen LogP contribution in [0.15, 0.2) is 17.5 Å². The molecule has 82 valence electrons. The molecule has 1 atom stereocenters. The first-order valence-electron chi connectivity index (χ1n) is 5.33. The first-order valence-corrected chi connectivity index (χ1v) is 6.21. The van der Waals surface area contributed by atoms with E-state index in [0.717, 1.165) is 36.8 Å². The van der Waals surface area contributed by atoms with Crippen molar-refractivity contribution in [1.82, 2.24) is 9.88 Å². The molecule has 0 spiro atoms. The highest BCUT2D eigenvalue weighted by molar-refractivity contribution is 7.09. The van der Waals surface area contributed by atoms with Gasteiger partial charge in [-0.2, -0.15) is 0 Å². The van der Waals surface area contributed by atoms with Crippen LogP contribution in [0.5, 0.6) is 0 Å². The van der Waals surface area contributed by atoms with Crippen LogP contribution in [-0.2, 0) is 6.54 Å². The Morgan fingerprint density at radius 3 is 3.07 bits per heavy atom. The van der Waals surface area contributed by atoms with Crippen molar-refractivity contribution in [3.63, 3.8) is 0 Å². The number of rotatable bonds is 3. The molecule has 2 heterocycles. The van der Waals surface area contributed by atoms with E-state index in [1.54, 1.807) is 11.3 Å². The van der Waals surface area contributed by atoms with Gasteiger partial charge in [0.15, 0.2) is 0 Å². The maximum absolute atomic E-state index is 5.78. The van der Waals surface area contributed by atoms with Crippen molar-refractivity contribution in [3.05, 3.63) is 28.2 Å². The molecule has 2 rings (SSSR count). The number of hydrogen-bond donors (Lipinski definition) is 1. The van der Waals surface area contributed by atoms with Crippen molar-refractivity contribution in [1.29, 1.82) is 0 Å². The third kappa shape index (κ3) is 2.87. The van der Waals surface area contributed by atoms with Gasteiger partial charge in [0.2, 0.25) is 0 Å². The topological polar surface area (TPSA) is 42.1 Å². The summed E-state index contributed by atoms with van der Waals surface area (Å²) in [6, 6.07) is 0.0602. The van der Waals surface area contributed by atoms with Crippen LogP contribution in [0.25, 0.3) is 0 Å². The molecule has 0 saturated carbocycles. The SMILES string of the molecule is CC(N)c1nc(CN2CC=CCC2)cs1. The largest absolute Gasteiger partial charge is 0.322 e. The summed E-state index contributed by atoms with van der Waals surface area (Å²) in [4.78, 5) is 6.93. The van der Waals surface area contributed by atoms with Crippen LogP contribution in [0.3, 0.4) is 0 Å². The van der Waals surface area contributed by atoms with E-state index < -0.39 is 0 Å². The van der Waals surface area contributed by atoms with Crippen molar-refractivity contribution < 1.29 is 0 Å². The highest BCUT2D eigenvalue weighted by Crippen LogP contribution is 2.17. The Bertz CT molecular complexity index is 343. The van der Waals surface area contributed by atoms with Gasteiger partial charge in [0.25, 0.3) is 0 Å². The molecule has 1 unspecified atom stereocenters. The summed E-state index contributed by atoms with van der Waals surface area (Å²) < 4.78 is 0. The lowest BCUT2D eigenvalue weighted by atomic mass is 10.2. The van der Waals surface area contributed by atoms with Crippen molar-refractivity contribution in [3.8, 4) is 0 Å². The van der Waals surface area contributed by atoms with Gasteiger partial charge in [-0.25, -0.2) is 4.98 Å². The molecule has 1 aromatic heterocycles. The second kappa shape index (κ2) is 4.88. The smallest absolute Gasteiger partial charge is 0.109 e. The average Bonchev–Trinajstić information content (AvgIpc) is 2.68. The van der Waals surface area contributed by atoms with E-state index in [4.69, 9.17) is 5.73 Å². The Hall–Kier alpha value is -0.710. The lowest BCUT2D eigenvalue weighted by Crippen LogP contribution is -2.26. The van der Waals surface area contributed by atoms with E-state index in [-0.39, 0.29) is 6.04 Å². The Labute approximate surface area is 94.6 Å². The zero-order valence-electron chi connectivity index (χ0n) is 9.02. The molecule has 0 saturated heterocycles. The molecule has 4 heteroatoms. The fraction of sp³-hybridized carbons (Fsp3) is 0.545. The molecular formula is C11H17N3S. The lowest BCUT2D eigenvalue weighted by molar-refractivity contribution is 0.287. The van der Waals surface area contributed by atoms with E-state index in [9.17, 15) is 0 Å². The first kappa shape index (κ1) is 10.8. The fourth-order valence-corrected chi connectivity index (χ4v) is 2.44. The molecule has 2 N–H and O–H groups in total. The first-order chi connectivity index (χ1) is 7.25. The van der Waals surface area contributed by atoms with Crippen LogP contribution >= 0.6 is 11.3 Å². The van der Waals surface area contributed by atoms with Crippen LogP contribution < -0.4 is 5.73 Å². The van der Waals surface area contributed by atoms with E-state index in [1.807, 2.05) is 6.92 Å². The van der Waals surface area contributed by atoms with Gasteiger partial charge in [-0.1, -0.05) is 12.2 Å². The highest BCUT2D eigenvalue weighted by Gasteiger charge is 2.10. The van der Waals surface area contributed by atoms with Crippen molar-refractivity contribution >= 4 is 11.3 Å². The molecule has 3 nitrogen and oxygen atoms in total. The summed E-state index contributed by atoms with van der Waals surface area (Å²) in [5.74, 6) is 0. The quantitative estimate of drug-likeness (QED) is 0.796. The Morgan fingerprint density at radius 2 is 2.47 bits per heavy atom. The zero-order valence-corrected chi connectivity index (χ0v) is 9.83. The molecule has 1 aliphatic heterocycles. The minimum Gasteiger partial charge on any atom is -0.322 e. The summed E-state index contributed by atoms with van der Waals surface area (Å²) >= 11 is 1.67. The van der Waals surface area contributed by atoms with Crippen LogP contribution in [0.4, 0.5) is 0 Å². The monoisotopic (exact) mass is 223 g/mol. The van der Waals surface area contributed by atoms with Crippen LogP contribution in [-0.4, -0.2) is 23.0 Å². The second-order valence-corrected chi connectivity index (χ2v) is 4.85. The molecule has 0 aromatic carbocycles. The number of aromatic nitrogens is 1. The third-order valence-electron chi connectivity index (χ3n) is 2.49. The minimum absolute atomic E-state index is 0.0602. The van der Waals surface area contributed by atoms with Gasteiger partial charge in [-0.05, 0) is 13.3 Å². The number of hydrogen-bond acceptors (Lipinski definition) is 4. The Balaban J connectivity index is 1.95. The molecule has 15 heavy (non-hydrogen) atoms. The zero-order chi connectivity index (χ0) is 10.7. The average molecular weight is 223 g/mol. The summed E-state index contributed by atoms with van der Waals surface area (Å²) in [6.07, 6.45) is 5.62. The minimum atomic E-state index is 0.0602. The van der Waals surface area contributed by atoms with Gasteiger partial charge in [0.05, 0.1) is 11.7 Å². The van der Waals surface area contributed by atoms with Gasteiger partial charge in [0, 0.05) is 25.0 Å². The fourth-order valence-electron chi connectivity index (χ4n) is 1.67. The Kier molecular flexibility index (Phi) is 3.51. The maximum Gasteiger partial charge on any atom is 0.109 e. The Morgan fingerprint density at radius 1 is 1.60 bits per heavy atom. The predicted octanol–water partition coefficient (Wildman–Crippen LogP) is 1.92. The highest BCUT2D eigenvalue weighted by atomic mass is 32.1. The van der Waals surface area contributed by atoms with Crippen LogP contribution in [0, 0.1) is 0 Å². The molecule has 1 aromatic rings. The maximum atomic E-state index is 5.78. The standard InChI is InChI=1S/C11H17N3S/c1-9(12)11-13-10(8-15-11)7-14-5-3-2-4-6-14/h2-3,8-9H,4-7,12H2,1H3. The lowest BCUT2D eigenvalue weighted by Gasteiger charge is -2.21. The van der Waals surface area contributed by atoms with Crippen molar-refractivity contribution in [2.75, 3.05) is 13.1 Å². The van der Waals surface area contributed by atoms with Gasteiger partial charge in [0.1, 0.15) is 5.01 Å². The van der Waals surface area contributed by atoms with Crippen LogP contribution in [0.2, 0.25) is 0 Å².